The lowest BCUT2D eigenvalue weighted by molar-refractivity contribution is 0.102. The molecule has 1 aliphatic rings. The zero-order chi connectivity index (χ0) is 13.6. The molecule has 3 heteroatoms. The molecule has 1 aliphatic heterocycles. The highest BCUT2D eigenvalue weighted by molar-refractivity contribution is 4.86. The van der Waals surface area contributed by atoms with Gasteiger partial charge in [-0.05, 0) is 39.2 Å². The summed E-state index contributed by atoms with van der Waals surface area (Å²) in [6.45, 7) is 11.3. The molecule has 0 radical (unpaired) electrons. The van der Waals surface area contributed by atoms with Gasteiger partial charge >= 0.3 is 0 Å². The Kier molecular flexibility index (Phi) is 6.61. The van der Waals surface area contributed by atoms with Crippen molar-refractivity contribution in [1.29, 1.82) is 0 Å². The lowest BCUT2D eigenvalue weighted by Gasteiger charge is -2.39. The fourth-order valence-corrected chi connectivity index (χ4v) is 3.10. The average molecular weight is 256 g/mol. The molecule has 0 saturated carbocycles. The molecule has 18 heavy (non-hydrogen) atoms. The molecule has 0 aromatic heterocycles. The van der Waals surface area contributed by atoms with Crippen molar-refractivity contribution in [3.8, 4) is 0 Å². The van der Waals surface area contributed by atoms with Gasteiger partial charge in [-0.1, -0.05) is 27.2 Å². The predicted octanol–water partition coefficient (Wildman–Crippen LogP) is 2.39. The summed E-state index contributed by atoms with van der Waals surface area (Å²) in [4.78, 5) is 2.62. The van der Waals surface area contributed by atoms with Crippen molar-refractivity contribution in [3.05, 3.63) is 0 Å². The van der Waals surface area contributed by atoms with Gasteiger partial charge in [-0.15, -0.1) is 0 Å². The van der Waals surface area contributed by atoms with E-state index in [1.165, 1.54) is 32.2 Å². The molecular weight excluding hydrogens is 224 g/mol. The van der Waals surface area contributed by atoms with Gasteiger partial charge in [0.05, 0.1) is 6.61 Å². The highest BCUT2D eigenvalue weighted by atomic mass is 16.3. The third-order valence-electron chi connectivity index (χ3n) is 4.16. The minimum Gasteiger partial charge on any atom is -0.394 e. The van der Waals surface area contributed by atoms with E-state index in [0.29, 0.717) is 6.04 Å². The number of piperidine rings is 1. The molecule has 0 spiro atoms. The van der Waals surface area contributed by atoms with Crippen molar-refractivity contribution in [2.75, 3.05) is 19.7 Å². The summed E-state index contributed by atoms with van der Waals surface area (Å²) in [7, 11) is 0. The predicted molar refractivity (Wildman–Crippen MR) is 77.9 cm³/mol. The van der Waals surface area contributed by atoms with Crippen LogP contribution in [0.4, 0.5) is 0 Å². The van der Waals surface area contributed by atoms with Crippen LogP contribution in [-0.2, 0) is 0 Å². The molecule has 2 atom stereocenters. The average Bonchev–Trinajstić information content (AvgIpc) is 2.36. The van der Waals surface area contributed by atoms with Gasteiger partial charge in [0.15, 0.2) is 0 Å². The van der Waals surface area contributed by atoms with E-state index in [1.807, 2.05) is 0 Å². The number of hydrogen-bond acceptors (Lipinski definition) is 3. The highest BCUT2D eigenvalue weighted by Gasteiger charge is 2.27. The first-order chi connectivity index (χ1) is 8.50. The molecule has 0 aromatic rings. The minimum atomic E-state index is -0.135. The van der Waals surface area contributed by atoms with Crippen LogP contribution >= 0.6 is 0 Å². The smallest absolute Gasteiger partial charge is 0.0611 e. The number of likely N-dealkylation sites (tertiary alicyclic amines) is 1. The summed E-state index contributed by atoms with van der Waals surface area (Å²) >= 11 is 0. The van der Waals surface area contributed by atoms with Crippen molar-refractivity contribution in [2.45, 2.75) is 77.4 Å². The van der Waals surface area contributed by atoms with Crippen molar-refractivity contribution in [3.63, 3.8) is 0 Å². The van der Waals surface area contributed by atoms with Crippen LogP contribution in [0.15, 0.2) is 0 Å². The monoisotopic (exact) mass is 256 g/mol. The number of nitrogens with one attached hydrogen (secondary N) is 1. The van der Waals surface area contributed by atoms with Crippen molar-refractivity contribution in [1.82, 2.24) is 10.2 Å². The second kappa shape index (κ2) is 7.46. The third-order valence-corrected chi connectivity index (χ3v) is 4.16. The van der Waals surface area contributed by atoms with Gasteiger partial charge in [-0.2, -0.15) is 0 Å². The van der Waals surface area contributed by atoms with Gasteiger partial charge in [0.1, 0.15) is 0 Å². The number of aliphatic hydroxyl groups is 1. The lowest BCUT2D eigenvalue weighted by Crippen LogP contribution is -2.52. The molecule has 1 rings (SSSR count). The Hall–Kier alpha value is -0.120. The number of hydrogen-bond donors (Lipinski definition) is 2. The molecule has 1 fully saturated rings. The molecule has 0 bridgehead atoms. The number of rotatable bonds is 7. The first-order valence-corrected chi connectivity index (χ1v) is 7.63. The van der Waals surface area contributed by atoms with E-state index in [4.69, 9.17) is 0 Å². The van der Waals surface area contributed by atoms with Gasteiger partial charge in [-0.25, -0.2) is 0 Å². The van der Waals surface area contributed by atoms with Crippen LogP contribution in [0.2, 0.25) is 0 Å². The normalized spacial score (nSPS) is 25.3. The van der Waals surface area contributed by atoms with Crippen LogP contribution in [0.5, 0.6) is 0 Å². The van der Waals surface area contributed by atoms with Crippen LogP contribution < -0.4 is 5.32 Å². The van der Waals surface area contributed by atoms with Gasteiger partial charge in [0.25, 0.3) is 0 Å². The van der Waals surface area contributed by atoms with E-state index < -0.39 is 0 Å². The van der Waals surface area contributed by atoms with E-state index in [1.54, 1.807) is 0 Å². The molecule has 2 N–H and O–H groups in total. The molecule has 1 saturated heterocycles. The topological polar surface area (TPSA) is 35.5 Å². The Morgan fingerprint density at radius 1 is 1.39 bits per heavy atom. The second-order valence-electron chi connectivity index (χ2n) is 6.36. The summed E-state index contributed by atoms with van der Waals surface area (Å²) in [5, 5.41) is 13.1. The first kappa shape index (κ1) is 15.9. The molecule has 0 aliphatic carbocycles. The van der Waals surface area contributed by atoms with E-state index in [-0.39, 0.29) is 12.1 Å². The summed E-state index contributed by atoms with van der Waals surface area (Å²) < 4.78 is 0. The molecular formula is C15H32N2O. The molecule has 3 nitrogen and oxygen atoms in total. The Bertz CT molecular complexity index is 233. The Labute approximate surface area is 113 Å². The van der Waals surface area contributed by atoms with Gasteiger partial charge < -0.3 is 15.3 Å². The van der Waals surface area contributed by atoms with E-state index in [2.05, 4.69) is 37.9 Å². The van der Waals surface area contributed by atoms with Crippen LogP contribution in [0.1, 0.15) is 59.8 Å². The number of aliphatic hydroxyl groups excluding tert-OH is 1. The molecule has 2 unspecified atom stereocenters. The zero-order valence-corrected chi connectivity index (χ0v) is 12.7. The SMILES string of the molecule is CCC1CCCCN1CCC(C)(CO)NC(C)C. The van der Waals surface area contributed by atoms with E-state index in [0.717, 1.165) is 19.0 Å². The summed E-state index contributed by atoms with van der Waals surface area (Å²) in [6.07, 6.45) is 6.36. The highest BCUT2D eigenvalue weighted by Crippen LogP contribution is 2.21. The van der Waals surface area contributed by atoms with Crippen molar-refractivity contribution >= 4 is 0 Å². The largest absolute Gasteiger partial charge is 0.394 e. The fraction of sp³-hybridized carbons (Fsp3) is 1.00. The summed E-state index contributed by atoms with van der Waals surface area (Å²) in [5.74, 6) is 0. The van der Waals surface area contributed by atoms with E-state index >= 15 is 0 Å². The maximum absolute atomic E-state index is 9.61. The Balaban J connectivity index is 2.45. The molecule has 108 valence electrons. The maximum Gasteiger partial charge on any atom is 0.0611 e. The standard InChI is InChI=1S/C15H32N2O/c1-5-14-8-6-7-10-17(14)11-9-15(4,12-18)16-13(2)3/h13-14,16,18H,5-12H2,1-4H3. The summed E-state index contributed by atoms with van der Waals surface area (Å²) in [6, 6.07) is 1.19. The van der Waals surface area contributed by atoms with Crippen LogP contribution in [0.25, 0.3) is 0 Å². The van der Waals surface area contributed by atoms with Crippen molar-refractivity contribution in [2.24, 2.45) is 0 Å². The van der Waals surface area contributed by atoms with Gasteiger partial charge in [0, 0.05) is 24.2 Å². The van der Waals surface area contributed by atoms with Crippen molar-refractivity contribution < 1.29 is 5.11 Å². The zero-order valence-electron chi connectivity index (χ0n) is 12.7. The third kappa shape index (κ3) is 4.87. The molecule has 0 aromatic carbocycles. The van der Waals surface area contributed by atoms with Crippen LogP contribution in [0, 0.1) is 0 Å². The lowest BCUT2D eigenvalue weighted by atomic mass is 9.94. The van der Waals surface area contributed by atoms with Gasteiger partial charge in [0.2, 0.25) is 0 Å². The van der Waals surface area contributed by atoms with Crippen LogP contribution in [0.3, 0.4) is 0 Å². The quantitative estimate of drug-likeness (QED) is 0.734. The maximum atomic E-state index is 9.61. The Morgan fingerprint density at radius 3 is 2.67 bits per heavy atom. The first-order valence-electron chi connectivity index (χ1n) is 7.63. The Morgan fingerprint density at radius 2 is 2.11 bits per heavy atom. The minimum absolute atomic E-state index is 0.135. The molecule has 1 heterocycles. The summed E-state index contributed by atoms with van der Waals surface area (Å²) in [5.41, 5.74) is -0.135. The van der Waals surface area contributed by atoms with Crippen LogP contribution in [-0.4, -0.2) is 47.3 Å². The van der Waals surface area contributed by atoms with E-state index in [9.17, 15) is 5.11 Å². The number of nitrogens with zero attached hydrogens (tertiary/aromatic N) is 1. The fourth-order valence-electron chi connectivity index (χ4n) is 3.10. The second-order valence-corrected chi connectivity index (χ2v) is 6.36. The molecule has 0 amide bonds. The van der Waals surface area contributed by atoms with Gasteiger partial charge in [-0.3, -0.25) is 0 Å².